The molecule has 0 N–H and O–H groups in total. The molecule has 2 rings (SSSR count). The minimum atomic E-state index is 0.685. The van der Waals surface area contributed by atoms with Crippen molar-refractivity contribution in [2.75, 3.05) is 0 Å². The molecule has 1 heteroatoms. The molecule has 0 bridgehead atoms. The largest absolute Gasteiger partial charge is 0.105 e. The first-order chi connectivity index (χ1) is 7.15. The smallest absolute Gasteiger partial charge is 0.0212 e. The molecule has 1 aromatic rings. The van der Waals surface area contributed by atoms with Crippen LogP contribution in [0.2, 0.25) is 0 Å². The summed E-state index contributed by atoms with van der Waals surface area (Å²) in [6.07, 6.45) is 6.30. The number of allylic oxidation sites excluding steroid dienone is 2. The maximum atomic E-state index is 2.85. The van der Waals surface area contributed by atoms with E-state index in [4.69, 9.17) is 0 Å². The first-order valence-electron chi connectivity index (χ1n) is 5.69. The van der Waals surface area contributed by atoms with Crippen molar-refractivity contribution in [3.63, 3.8) is 0 Å². The van der Waals surface area contributed by atoms with E-state index in [0.29, 0.717) is 5.92 Å². The molecule has 0 nitrogen and oxygen atoms in total. The van der Waals surface area contributed by atoms with Crippen molar-refractivity contribution in [3.8, 4) is 0 Å². The van der Waals surface area contributed by atoms with Gasteiger partial charge in [-0.25, -0.2) is 0 Å². The topological polar surface area (TPSA) is 0 Å². The van der Waals surface area contributed by atoms with E-state index in [1.165, 1.54) is 35.7 Å². The molecule has 1 aliphatic carbocycles. The van der Waals surface area contributed by atoms with E-state index < -0.39 is 0 Å². The molecular weight excluding hydrogens is 199 g/mol. The second kappa shape index (κ2) is 4.49. The number of hydrogen-bond acceptors (Lipinski definition) is 0. The van der Waals surface area contributed by atoms with Crippen molar-refractivity contribution in [1.29, 1.82) is 0 Å². The highest BCUT2D eigenvalue weighted by molar-refractivity contribution is 7.27. The third-order valence-corrected chi connectivity index (χ3v) is 3.44. The van der Waals surface area contributed by atoms with Crippen molar-refractivity contribution >= 4 is 14.5 Å². The summed E-state index contributed by atoms with van der Waals surface area (Å²) in [5, 5.41) is 1.36. The molecule has 0 aliphatic heterocycles. The fourth-order valence-electron chi connectivity index (χ4n) is 1.95. The van der Waals surface area contributed by atoms with Crippen LogP contribution in [0.3, 0.4) is 0 Å². The lowest BCUT2D eigenvalue weighted by Crippen LogP contribution is -2.06. The molecule has 1 fully saturated rings. The molecule has 15 heavy (non-hydrogen) atoms. The molecule has 1 saturated carbocycles. The van der Waals surface area contributed by atoms with E-state index in [9.17, 15) is 0 Å². The normalized spacial score (nSPS) is 16.3. The van der Waals surface area contributed by atoms with Gasteiger partial charge in [-0.1, -0.05) is 42.3 Å². The Morgan fingerprint density at radius 2 is 2.13 bits per heavy atom. The van der Waals surface area contributed by atoms with Gasteiger partial charge in [0.15, 0.2) is 0 Å². The third-order valence-electron chi connectivity index (χ3n) is 2.90. The molecule has 0 heterocycles. The number of benzene rings is 1. The van der Waals surface area contributed by atoms with Crippen LogP contribution in [0.25, 0.3) is 0 Å². The van der Waals surface area contributed by atoms with Crippen LogP contribution in [0.1, 0.15) is 30.9 Å². The molecule has 1 aromatic carbocycles. The molecule has 0 saturated heterocycles. The number of hydrogen-bond donors (Lipinski definition) is 0. The average Bonchev–Trinajstić information content (AvgIpc) is 2.94. The van der Waals surface area contributed by atoms with Gasteiger partial charge in [0.1, 0.15) is 0 Å². The van der Waals surface area contributed by atoms with Gasteiger partial charge in [0.2, 0.25) is 0 Å². The molecule has 2 unspecified atom stereocenters. The highest BCUT2D eigenvalue weighted by Gasteiger charge is 2.13. The molecule has 80 valence electrons. The van der Waals surface area contributed by atoms with Crippen LogP contribution in [-0.2, 0) is 6.42 Å². The van der Waals surface area contributed by atoms with Crippen LogP contribution in [0.4, 0.5) is 0 Å². The Hall–Kier alpha value is -0.610. The second-order valence-corrected chi connectivity index (χ2v) is 5.33. The minimum absolute atomic E-state index is 0.685. The second-order valence-electron chi connectivity index (χ2n) is 4.71. The van der Waals surface area contributed by atoms with Gasteiger partial charge in [-0.3, -0.25) is 0 Å². The van der Waals surface area contributed by atoms with Crippen molar-refractivity contribution in [2.45, 2.75) is 33.1 Å². The number of rotatable bonds is 3. The standard InChI is InChI=1S/C14H19P/c1-10-3-6-13(14(15)9-10)8-11(2)7-12-4-5-12/h3,6-7,9,11H,4-5,8,15H2,1-2H3. The summed E-state index contributed by atoms with van der Waals surface area (Å²) in [4.78, 5) is 0. The average molecular weight is 218 g/mol. The fraction of sp³-hybridized carbons (Fsp3) is 0.429. The van der Waals surface area contributed by atoms with Crippen LogP contribution < -0.4 is 5.30 Å². The Kier molecular flexibility index (Phi) is 3.26. The van der Waals surface area contributed by atoms with Gasteiger partial charge in [-0.2, -0.15) is 0 Å². The first kappa shape index (κ1) is 10.9. The lowest BCUT2D eigenvalue weighted by Gasteiger charge is -2.10. The first-order valence-corrected chi connectivity index (χ1v) is 6.27. The highest BCUT2D eigenvalue weighted by atomic mass is 31.0. The maximum Gasteiger partial charge on any atom is -0.0212 e. The van der Waals surface area contributed by atoms with E-state index in [0.717, 1.165) is 0 Å². The van der Waals surface area contributed by atoms with Crippen molar-refractivity contribution in [2.24, 2.45) is 5.92 Å². The van der Waals surface area contributed by atoms with Crippen LogP contribution in [0, 0.1) is 12.8 Å². The van der Waals surface area contributed by atoms with E-state index in [2.05, 4.69) is 47.4 Å². The molecule has 2 atom stereocenters. The van der Waals surface area contributed by atoms with Gasteiger partial charge in [0.25, 0.3) is 0 Å². The minimum Gasteiger partial charge on any atom is -0.105 e. The summed E-state index contributed by atoms with van der Waals surface area (Å²) < 4.78 is 0. The third kappa shape index (κ3) is 3.18. The van der Waals surface area contributed by atoms with Gasteiger partial charge in [0, 0.05) is 0 Å². The van der Waals surface area contributed by atoms with Crippen molar-refractivity contribution < 1.29 is 0 Å². The van der Waals surface area contributed by atoms with Crippen LogP contribution in [0.5, 0.6) is 0 Å². The van der Waals surface area contributed by atoms with Crippen LogP contribution >= 0.6 is 9.24 Å². The van der Waals surface area contributed by atoms with Gasteiger partial charge >= 0.3 is 0 Å². The molecule has 1 aliphatic rings. The van der Waals surface area contributed by atoms with Crippen LogP contribution in [0.15, 0.2) is 29.8 Å². The quantitative estimate of drug-likeness (QED) is 0.539. The fourth-order valence-corrected chi connectivity index (χ4v) is 2.42. The summed E-state index contributed by atoms with van der Waals surface area (Å²) in [6, 6.07) is 6.72. The number of aryl methyl sites for hydroxylation is 1. The SMILES string of the molecule is Cc1ccc(CC(C)C=C2CC2)c(P)c1. The summed E-state index contributed by atoms with van der Waals surface area (Å²) in [7, 11) is 2.85. The predicted molar refractivity (Wildman–Crippen MR) is 70.7 cm³/mol. The van der Waals surface area contributed by atoms with Gasteiger partial charge in [-0.05, 0) is 43.0 Å². The zero-order valence-corrected chi connectivity index (χ0v) is 10.7. The Morgan fingerprint density at radius 1 is 1.40 bits per heavy atom. The summed E-state index contributed by atoms with van der Waals surface area (Å²) >= 11 is 0. The molecule has 0 radical (unpaired) electrons. The van der Waals surface area contributed by atoms with Gasteiger partial charge in [0.05, 0.1) is 0 Å². The van der Waals surface area contributed by atoms with E-state index in [1.54, 1.807) is 5.57 Å². The summed E-state index contributed by atoms with van der Waals surface area (Å²) in [5.74, 6) is 0.685. The van der Waals surface area contributed by atoms with E-state index in [1.807, 2.05) is 0 Å². The Balaban J connectivity index is 2.06. The molecule has 0 aromatic heterocycles. The summed E-state index contributed by atoms with van der Waals surface area (Å²) in [6.45, 7) is 4.46. The van der Waals surface area contributed by atoms with E-state index in [-0.39, 0.29) is 0 Å². The van der Waals surface area contributed by atoms with E-state index >= 15 is 0 Å². The zero-order valence-electron chi connectivity index (χ0n) is 9.59. The lowest BCUT2D eigenvalue weighted by atomic mass is 9.99. The summed E-state index contributed by atoms with van der Waals surface area (Å²) in [5.41, 5.74) is 4.47. The Morgan fingerprint density at radius 3 is 2.73 bits per heavy atom. The predicted octanol–water partition coefficient (Wildman–Crippen LogP) is 3.39. The maximum absolute atomic E-state index is 2.85. The molecule has 0 amide bonds. The monoisotopic (exact) mass is 218 g/mol. The molecular formula is C14H19P. The Labute approximate surface area is 95.0 Å². The van der Waals surface area contributed by atoms with Crippen molar-refractivity contribution in [1.82, 2.24) is 0 Å². The lowest BCUT2D eigenvalue weighted by molar-refractivity contribution is 0.724. The van der Waals surface area contributed by atoms with Crippen molar-refractivity contribution in [3.05, 3.63) is 41.0 Å². The Bertz CT molecular complexity index is 384. The van der Waals surface area contributed by atoms with Gasteiger partial charge < -0.3 is 0 Å². The van der Waals surface area contributed by atoms with Gasteiger partial charge in [-0.15, -0.1) is 9.24 Å². The molecule has 0 spiro atoms. The van der Waals surface area contributed by atoms with Crippen LogP contribution in [-0.4, -0.2) is 0 Å². The highest BCUT2D eigenvalue weighted by Crippen LogP contribution is 2.29. The zero-order chi connectivity index (χ0) is 10.8.